The number of nitrogens with one attached hydrogen (secondary N) is 1. The molecular formula is C18H14Cl2N4O4. The Kier molecular flexibility index (Phi) is 6.46. The quantitative estimate of drug-likeness (QED) is 0.589. The molecule has 0 aliphatic rings. The van der Waals surface area contributed by atoms with Gasteiger partial charge in [0.05, 0.1) is 16.4 Å². The lowest BCUT2D eigenvalue weighted by Crippen LogP contribution is -2.24. The van der Waals surface area contributed by atoms with Crippen molar-refractivity contribution < 1.29 is 19.1 Å². The number of benzene rings is 2. The highest BCUT2D eigenvalue weighted by Crippen LogP contribution is 2.24. The Bertz CT molecular complexity index is 979. The highest BCUT2D eigenvalue weighted by atomic mass is 35.5. The van der Waals surface area contributed by atoms with E-state index in [1.807, 2.05) is 0 Å². The Hall–Kier alpha value is -3.10. The monoisotopic (exact) mass is 420 g/mol. The summed E-state index contributed by atoms with van der Waals surface area (Å²) >= 11 is 11.9. The molecule has 144 valence electrons. The average molecular weight is 421 g/mol. The fraction of sp³-hybridized carbons (Fsp3) is 0.111. The van der Waals surface area contributed by atoms with Gasteiger partial charge in [-0.15, -0.1) is 0 Å². The summed E-state index contributed by atoms with van der Waals surface area (Å²) in [5, 5.41) is 7.43. The molecule has 1 N–H and O–H groups in total. The van der Waals surface area contributed by atoms with Gasteiger partial charge in [0.15, 0.2) is 13.2 Å². The first-order valence-corrected chi connectivity index (χ1v) is 8.76. The topological polar surface area (TPSA) is 95.3 Å². The van der Waals surface area contributed by atoms with Gasteiger partial charge in [-0.1, -0.05) is 35.3 Å². The highest BCUT2D eigenvalue weighted by Gasteiger charge is 2.13. The summed E-state index contributed by atoms with van der Waals surface area (Å²) < 4.78 is 11.6. The van der Waals surface area contributed by atoms with E-state index in [9.17, 15) is 9.59 Å². The van der Waals surface area contributed by atoms with Crippen molar-refractivity contribution >= 4 is 40.8 Å². The molecule has 0 saturated heterocycles. The fourth-order valence-electron chi connectivity index (χ4n) is 2.21. The number of carbonyl (C=O) groups excluding carboxylic acids is 2. The van der Waals surface area contributed by atoms with Gasteiger partial charge in [-0.3, -0.25) is 4.79 Å². The lowest BCUT2D eigenvalue weighted by atomic mass is 10.2. The second-order valence-electron chi connectivity index (χ2n) is 5.43. The summed E-state index contributed by atoms with van der Waals surface area (Å²) in [7, 11) is 0. The number of hydrogen-bond donors (Lipinski definition) is 1. The van der Waals surface area contributed by atoms with Crippen molar-refractivity contribution in [2.45, 2.75) is 0 Å². The highest BCUT2D eigenvalue weighted by molar-refractivity contribution is 6.32. The SMILES string of the molecule is O=C(COC(=O)COc1ccccc1Cl)Nc1cc(Cl)ccc1-n1cncn1. The van der Waals surface area contributed by atoms with Crippen molar-refractivity contribution in [1.82, 2.24) is 14.8 Å². The third kappa shape index (κ3) is 5.21. The van der Waals surface area contributed by atoms with Crippen LogP contribution in [0.15, 0.2) is 55.1 Å². The maximum Gasteiger partial charge on any atom is 0.344 e. The van der Waals surface area contributed by atoms with Crippen molar-refractivity contribution in [1.29, 1.82) is 0 Å². The molecular weight excluding hydrogens is 407 g/mol. The molecule has 0 aliphatic carbocycles. The molecule has 1 aromatic heterocycles. The van der Waals surface area contributed by atoms with Crippen LogP contribution in [0.2, 0.25) is 10.0 Å². The van der Waals surface area contributed by atoms with Gasteiger partial charge in [0.1, 0.15) is 18.4 Å². The van der Waals surface area contributed by atoms with E-state index in [2.05, 4.69) is 15.4 Å². The lowest BCUT2D eigenvalue weighted by Gasteiger charge is -2.12. The molecule has 28 heavy (non-hydrogen) atoms. The zero-order chi connectivity index (χ0) is 19.9. The molecule has 0 radical (unpaired) electrons. The summed E-state index contributed by atoms with van der Waals surface area (Å²) in [6, 6.07) is 11.6. The third-order valence-corrected chi connectivity index (χ3v) is 3.99. The maximum absolute atomic E-state index is 12.1. The Balaban J connectivity index is 1.54. The Morgan fingerprint density at radius 1 is 1.11 bits per heavy atom. The van der Waals surface area contributed by atoms with Gasteiger partial charge in [0, 0.05) is 5.02 Å². The number of para-hydroxylation sites is 1. The second-order valence-corrected chi connectivity index (χ2v) is 6.27. The van der Waals surface area contributed by atoms with Gasteiger partial charge in [0.2, 0.25) is 0 Å². The number of nitrogens with zero attached hydrogens (tertiary/aromatic N) is 3. The van der Waals surface area contributed by atoms with Gasteiger partial charge in [-0.2, -0.15) is 5.10 Å². The zero-order valence-corrected chi connectivity index (χ0v) is 15.9. The van der Waals surface area contributed by atoms with Crippen LogP contribution < -0.4 is 10.1 Å². The average Bonchev–Trinajstić information content (AvgIpc) is 3.20. The van der Waals surface area contributed by atoms with Crippen molar-refractivity contribution in [2.75, 3.05) is 18.5 Å². The van der Waals surface area contributed by atoms with Crippen LogP contribution >= 0.6 is 23.2 Å². The predicted molar refractivity (Wildman–Crippen MR) is 103 cm³/mol. The first-order valence-electron chi connectivity index (χ1n) is 8.00. The van der Waals surface area contributed by atoms with Gasteiger partial charge < -0.3 is 14.8 Å². The van der Waals surface area contributed by atoms with Crippen LogP contribution in [0.3, 0.4) is 0 Å². The lowest BCUT2D eigenvalue weighted by molar-refractivity contribution is -0.149. The minimum Gasteiger partial charge on any atom is -0.480 e. The Morgan fingerprint density at radius 2 is 1.93 bits per heavy atom. The zero-order valence-electron chi connectivity index (χ0n) is 14.3. The molecule has 8 nitrogen and oxygen atoms in total. The first kappa shape index (κ1) is 19.7. The maximum atomic E-state index is 12.1. The molecule has 1 amide bonds. The summed E-state index contributed by atoms with van der Waals surface area (Å²) in [4.78, 5) is 27.8. The molecule has 0 saturated carbocycles. The summed E-state index contributed by atoms with van der Waals surface area (Å²) in [6.07, 6.45) is 2.84. The van der Waals surface area contributed by atoms with Crippen molar-refractivity contribution in [3.8, 4) is 11.4 Å². The number of rotatable bonds is 7. The number of esters is 1. The number of hydrogen-bond acceptors (Lipinski definition) is 6. The molecule has 0 bridgehead atoms. The standard InChI is InChI=1S/C18H14Cl2N4O4/c19-12-5-6-15(24-11-21-10-22-24)14(7-12)23-17(25)8-28-18(26)9-27-16-4-2-1-3-13(16)20/h1-7,10-11H,8-9H2,(H,23,25). The van der Waals surface area contributed by atoms with Crippen LogP contribution in [0.25, 0.3) is 5.69 Å². The van der Waals surface area contributed by atoms with Crippen LogP contribution in [0.4, 0.5) is 5.69 Å². The predicted octanol–water partition coefficient (Wildman–Crippen LogP) is 3.13. The van der Waals surface area contributed by atoms with E-state index < -0.39 is 18.5 Å². The molecule has 10 heteroatoms. The molecule has 0 atom stereocenters. The van der Waals surface area contributed by atoms with E-state index in [1.165, 1.54) is 17.3 Å². The van der Waals surface area contributed by atoms with Crippen LogP contribution in [0, 0.1) is 0 Å². The van der Waals surface area contributed by atoms with E-state index >= 15 is 0 Å². The van der Waals surface area contributed by atoms with E-state index in [-0.39, 0.29) is 6.61 Å². The molecule has 2 aromatic carbocycles. The van der Waals surface area contributed by atoms with Crippen molar-refractivity contribution in [3.63, 3.8) is 0 Å². The van der Waals surface area contributed by atoms with Crippen LogP contribution in [-0.2, 0) is 14.3 Å². The minimum atomic E-state index is -0.710. The molecule has 3 aromatic rings. The van der Waals surface area contributed by atoms with E-state index in [0.29, 0.717) is 27.2 Å². The molecule has 0 aliphatic heterocycles. The normalized spacial score (nSPS) is 10.4. The summed E-state index contributed by atoms with van der Waals surface area (Å²) in [6.45, 7) is -0.869. The van der Waals surface area contributed by atoms with Crippen LogP contribution in [0.1, 0.15) is 0 Å². The molecule has 0 fully saturated rings. The molecule has 0 spiro atoms. The summed E-state index contributed by atoms with van der Waals surface area (Å²) in [5.74, 6) is -0.908. The smallest absolute Gasteiger partial charge is 0.344 e. The van der Waals surface area contributed by atoms with E-state index in [1.54, 1.807) is 42.5 Å². The number of aromatic nitrogens is 3. The van der Waals surface area contributed by atoms with Gasteiger partial charge in [-0.25, -0.2) is 14.5 Å². The number of anilines is 1. The third-order valence-electron chi connectivity index (χ3n) is 3.44. The number of amides is 1. The number of carbonyl (C=O) groups is 2. The largest absolute Gasteiger partial charge is 0.480 e. The minimum absolute atomic E-state index is 0.349. The fourth-order valence-corrected chi connectivity index (χ4v) is 2.58. The van der Waals surface area contributed by atoms with Crippen LogP contribution in [-0.4, -0.2) is 39.9 Å². The Labute approximate surface area is 170 Å². The molecule has 1 heterocycles. The van der Waals surface area contributed by atoms with Crippen LogP contribution in [0.5, 0.6) is 5.75 Å². The van der Waals surface area contributed by atoms with Gasteiger partial charge >= 0.3 is 5.97 Å². The van der Waals surface area contributed by atoms with E-state index in [0.717, 1.165) is 0 Å². The molecule has 0 unspecified atom stereocenters. The van der Waals surface area contributed by atoms with Crippen molar-refractivity contribution in [2.24, 2.45) is 0 Å². The number of ether oxygens (including phenoxy) is 2. The van der Waals surface area contributed by atoms with Gasteiger partial charge in [0.25, 0.3) is 5.91 Å². The first-order chi connectivity index (χ1) is 13.5. The Morgan fingerprint density at radius 3 is 2.68 bits per heavy atom. The second kappa shape index (κ2) is 9.20. The van der Waals surface area contributed by atoms with Gasteiger partial charge in [-0.05, 0) is 30.3 Å². The van der Waals surface area contributed by atoms with Crippen molar-refractivity contribution in [3.05, 3.63) is 65.2 Å². The molecule has 3 rings (SSSR count). The number of halogens is 2. The summed E-state index contributed by atoms with van der Waals surface area (Å²) in [5.41, 5.74) is 0.954. The van der Waals surface area contributed by atoms with E-state index in [4.69, 9.17) is 32.7 Å².